The van der Waals surface area contributed by atoms with Crippen LogP contribution in [0.4, 0.5) is 9.18 Å². The fraction of sp³-hybridized carbons (Fsp3) is 0.471. The molecule has 4 N–H and O–H groups in total. The minimum Gasteiger partial charge on any atom is -0.481 e. The number of amides is 3. The zero-order chi connectivity index (χ0) is 18.7. The summed E-state index contributed by atoms with van der Waals surface area (Å²) in [6.45, 7) is 0.692. The van der Waals surface area contributed by atoms with Crippen LogP contribution in [0.25, 0.3) is 0 Å². The highest BCUT2D eigenvalue weighted by Gasteiger charge is 2.18. The first-order valence-corrected chi connectivity index (χ1v) is 8.08. The van der Waals surface area contributed by atoms with Crippen LogP contribution in [0.2, 0.25) is 0 Å². The average Bonchev–Trinajstić information content (AvgIpc) is 2.58. The SMILES string of the molecule is CC(NC(=O)NC(CCC(=O)O)Cc1ccccc1)C(=O)NCCF. The first-order chi connectivity index (χ1) is 11.9. The summed E-state index contributed by atoms with van der Waals surface area (Å²) in [7, 11) is 0. The second-order valence-corrected chi connectivity index (χ2v) is 5.64. The van der Waals surface area contributed by atoms with Gasteiger partial charge >= 0.3 is 12.0 Å². The van der Waals surface area contributed by atoms with Crippen molar-refractivity contribution in [2.75, 3.05) is 13.2 Å². The minimum absolute atomic E-state index is 0.0790. The molecule has 2 unspecified atom stereocenters. The molecule has 25 heavy (non-hydrogen) atoms. The lowest BCUT2D eigenvalue weighted by Crippen LogP contribution is -2.51. The smallest absolute Gasteiger partial charge is 0.315 e. The molecule has 1 rings (SSSR count). The van der Waals surface area contributed by atoms with Gasteiger partial charge in [0.2, 0.25) is 5.91 Å². The van der Waals surface area contributed by atoms with Gasteiger partial charge in [-0.1, -0.05) is 30.3 Å². The van der Waals surface area contributed by atoms with Crippen molar-refractivity contribution < 1.29 is 23.9 Å². The van der Waals surface area contributed by atoms with Crippen LogP contribution in [0, 0.1) is 0 Å². The third-order valence-corrected chi connectivity index (χ3v) is 3.50. The van der Waals surface area contributed by atoms with E-state index in [-0.39, 0.29) is 25.4 Å². The molecule has 3 amide bonds. The molecule has 0 saturated heterocycles. The highest BCUT2D eigenvalue weighted by atomic mass is 19.1. The summed E-state index contributed by atoms with van der Waals surface area (Å²) < 4.78 is 12.0. The summed E-state index contributed by atoms with van der Waals surface area (Å²) in [5.74, 6) is -1.43. The molecule has 0 heterocycles. The number of halogens is 1. The second kappa shape index (κ2) is 11.0. The van der Waals surface area contributed by atoms with Crippen LogP contribution in [-0.4, -0.2) is 48.3 Å². The molecule has 2 atom stereocenters. The third-order valence-electron chi connectivity index (χ3n) is 3.50. The van der Waals surface area contributed by atoms with Crippen LogP contribution in [-0.2, 0) is 16.0 Å². The van der Waals surface area contributed by atoms with Crippen molar-refractivity contribution in [3.63, 3.8) is 0 Å². The van der Waals surface area contributed by atoms with Crippen LogP contribution >= 0.6 is 0 Å². The van der Waals surface area contributed by atoms with E-state index in [9.17, 15) is 18.8 Å². The number of nitrogens with one attached hydrogen (secondary N) is 3. The molecule has 0 bridgehead atoms. The lowest BCUT2D eigenvalue weighted by atomic mass is 10.0. The summed E-state index contributed by atoms with van der Waals surface area (Å²) in [6, 6.07) is 7.58. The Hall–Kier alpha value is -2.64. The van der Waals surface area contributed by atoms with E-state index in [1.54, 1.807) is 0 Å². The maximum Gasteiger partial charge on any atom is 0.315 e. The molecule has 7 nitrogen and oxygen atoms in total. The Kier molecular flexibility index (Phi) is 8.99. The number of aliphatic carboxylic acids is 1. The molecule has 138 valence electrons. The zero-order valence-corrected chi connectivity index (χ0v) is 14.1. The quantitative estimate of drug-likeness (QED) is 0.507. The van der Waals surface area contributed by atoms with Crippen molar-refractivity contribution in [1.29, 1.82) is 0 Å². The maximum atomic E-state index is 12.1. The van der Waals surface area contributed by atoms with Crippen LogP contribution in [0.15, 0.2) is 30.3 Å². The van der Waals surface area contributed by atoms with E-state index in [0.717, 1.165) is 5.56 Å². The predicted molar refractivity (Wildman–Crippen MR) is 90.9 cm³/mol. The molecule has 8 heteroatoms. The molecule has 1 aromatic rings. The highest BCUT2D eigenvalue weighted by Crippen LogP contribution is 2.08. The summed E-state index contributed by atoms with van der Waals surface area (Å²) in [6.07, 6.45) is 0.661. The van der Waals surface area contributed by atoms with Crippen molar-refractivity contribution in [3.05, 3.63) is 35.9 Å². The number of carbonyl (C=O) groups is 3. The number of hydrogen-bond donors (Lipinski definition) is 4. The van der Waals surface area contributed by atoms with Gasteiger partial charge < -0.3 is 21.1 Å². The van der Waals surface area contributed by atoms with E-state index in [2.05, 4.69) is 16.0 Å². The molecule has 0 spiro atoms. The van der Waals surface area contributed by atoms with E-state index in [0.29, 0.717) is 6.42 Å². The van der Waals surface area contributed by atoms with Crippen LogP contribution < -0.4 is 16.0 Å². The number of hydrogen-bond acceptors (Lipinski definition) is 3. The van der Waals surface area contributed by atoms with E-state index in [1.165, 1.54) is 6.92 Å². The van der Waals surface area contributed by atoms with Crippen molar-refractivity contribution in [2.24, 2.45) is 0 Å². The fourth-order valence-corrected chi connectivity index (χ4v) is 2.23. The van der Waals surface area contributed by atoms with Crippen molar-refractivity contribution in [3.8, 4) is 0 Å². The van der Waals surface area contributed by atoms with Gasteiger partial charge in [0.05, 0.1) is 0 Å². The Morgan fingerprint density at radius 2 is 1.84 bits per heavy atom. The van der Waals surface area contributed by atoms with Gasteiger partial charge in [0.1, 0.15) is 12.7 Å². The van der Waals surface area contributed by atoms with E-state index in [4.69, 9.17) is 5.11 Å². The standard InChI is InChI=1S/C17H24FN3O4/c1-12(16(24)19-10-9-18)20-17(25)21-14(7-8-15(22)23)11-13-5-3-2-4-6-13/h2-6,12,14H,7-11H2,1H3,(H,19,24)(H,22,23)(H2,20,21,25). The largest absolute Gasteiger partial charge is 0.481 e. The van der Waals surface area contributed by atoms with Gasteiger partial charge in [-0.25, -0.2) is 9.18 Å². The second-order valence-electron chi connectivity index (χ2n) is 5.64. The monoisotopic (exact) mass is 353 g/mol. The molecule has 0 aromatic heterocycles. The number of carbonyl (C=O) groups excluding carboxylic acids is 2. The van der Waals surface area contributed by atoms with Crippen molar-refractivity contribution >= 4 is 17.9 Å². The first-order valence-electron chi connectivity index (χ1n) is 8.08. The van der Waals surface area contributed by atoms with Gasteiger partial charge in [0.25, 0.3) is 0 Å². The van der Waals surface area contributed by atoms with Gasteiger partial charge in [-0.2, -0.15) is 0 Å². The van der Waals surface area contributed by atoms with E-state index < -0.39 is 30.6 Å². The Balaban J connectivity index is 2.58. The zero-order valence-electron chi connectivity index (χ0n) is 14.1. The average molecular weight is 353 g/mol. The van der Waals surface area contributed by atoms with Crippen LogP contribution in [0.5, 0.6) is 0 Å². The Labute approximate surface area is 146 Å². The normalized spacial score (nSPS) is 12.7. The number of carboxylic acids is 1. The van der Waals surface area contributed by atoms with Crippen LogP contribution in [0.1, 0.15) is 25.3 Å². The summed E-state index contributed by atoms with van der Waals surface area (Å²) >= 11 is 0. The molecule has 0 radical (unpaired) electrons. The van der Waals surface area contributed by atoms with Gasteiger partial charge in [-0.3, -0.25) is 9.59 Å². The molecule has 0 aliphatic heterocycles. The lowest BCUT2D eigenvalue weighted by Gasteiger charge is -2.20. The van der Waals surface area contributed by atoms with Gasteiger partial charge in [0, 0.05) is 19.0 Å². The maximum absolute atomic E-state index is 12.1. The number of alkyl halides is 1. The van der Waals surface area contributed by atoms with Crippen LogP contribution in [0.3, 0.4) is 0 Å². The molecule has 0 saturated carbocycles. The Bertz CT molecular complexity index is 568. The van der Waals surface area contributed by atoms with Gasteiger partial charge in [-0.15, -0.1) is 0 Å². The number of carboxylic acid groups (broad SMARTS) is 1. The molecular weight excluding hydrogens is 329 g/mol. The van der Waals surface area contributed by atoms with E-state index in [1.807, 2.05) is 30.3 Å². The lowest BCUT2D eigenvalue weighted by molar-refractivity contribution is -0.137. The predicted octanol–water partition coefficient (Wildman–Crippen LogP) is 1.24. The summed E-state index contributed by atoms with van der Waals surface area (Å²) in [5, 5.41) is 16.3. The summed E-state index contributed by atoms with van der Waals surface area (Å²) in [4.78, 5) is 34.5. The molecule has 0 aliphatic rings. The number of urea groups is 1. The third kappa shape index (κ3) is 8.69. The fourth-order valence-electron chi connectivity index (χ4n) is 2.23. The number of rotatable bonds is 10. The number of benzene rings is 1. The van der Waals surface area contributed by atoms with Crippen molar-refractivity contribution in [1.82, 2.24) is 16.0 Å². The Morgan fingerprint density at radius 3 is 2.44 bits per heavy atom. The van der Waals surface area contributed by atoms with Gasteiger partial charge in [0.15, 0.2) is 0 Å². The molecule has 1 aromatic carbocycles. The van der Waals surface area contributed by atoms with Crippen molar-refractivity contribution in [2.45, 2.75) is 38.3 Å². The first kappa shape index (κ1) is 20.4. The van der Waals surface area contributed by atoms with E-state index >= 15 is 0 Å². The molecule has 0 aliphatic carbocycles. The summed E-state index contributed by atoms with van der Waals surface area (Å²) in [5.41, 5.74) is 0.965. The topological polar surface area (TPSA) is 108 Å². The minimum atomic E-state index is -0.945. The molecule has 0 fully saturated rings. The highest BCUT2D eigenvalue weighted by molar-refractivity contribution is 5.86. The van der Waals surface area contributed by atoms with Gasteiger partial charge in [-0.05, 0) is 25.3 Å². The molecular formula is C17H24FN3O4. The Morgan fingerprint density at radius 1 is 1.16 bits per heavy atom.